The zero-order valence-corrected chi connectivity index (χ0v) is 11.8. The first kappa shape index (κ1) is 13.5. The number of pyridine rings is 1. The third kappa shape index (κ3) is 3.55. The molecule has 0 bridgehead atoms. The van der Waals surface area contributed by atoms with Gasteiger partial charge in [-0.1, -0.05) is 26.2 Å². The van der Waals surface area contributed by atoms with Crippen molar-refractivity contribution in [3.05, 3.63) is 29.6 Å². The molecule has 0 aromatic carbocycles. The van der Waals surface area contributed by atoms with Gasteiger partial charge in [-0.25, -0.2) is 0 Å². The second-order valence-electron chi connectivity index (χ2n) is 5.60. The fraction of sp³-hybridized carbons (Fsp3) is 0.688. The summed E-state index contributed by atoms with van der Waals surface area (Å²) in [6, 6.07) is 2.78. The van der Waals surface area contributed by atoms with Crippen LogP contribution in [0.25, 0.3) is 0 Å². The third-order valence-electron chi connectivity index (χ3n) is 4.36. The number of aryl methyl sites for hydroxylation is 1. The Morgan fingerprint density at radius 1 is 1.33 bits per heavy atom. The first-order valence-electron chi connectivity index (χ1n) is 7.44. The van der Waals surface area contributed by atoms with Gasteiger partial charge in [0.25, 0.3) is 0 Å². The zero-order valence-electron chi connectivity index (χ0n) is 11.8. The average Bonchev–Trinajstić information content (AvgIpc) is 2.42. The van der Waals surface area contributed by atoms with E-state index in [1.165, 1.54) is 49.7 Å². The van der Waals surface area contributed by atoms with E-state index in [-0.39, 0.29) is 0 Å². The minimum Gasteiger partial charge on any atom is -0.310 e. The molecule has 0 amide bonds. The molecule has 1 unspecified atom stereocenters. The standard InChI is InChI=1S/C16H26N2/c1-3-16(14-7-5-4-6-8-14)18-12-15-11-17-10-9-13(15)2/h9-11,14,16,18H,3-8,12H2,1-2H3. The van der Waals surface area contributed by atoms with Crippen LogP contribution < -0.4 is 5.32 Å². The Morgan fingerprint density at radius 3 is 2.78 bits per heavy atom. The molecular weight excluding hydrogens is 220 g/mol. The number of hydrogen-bond donors (Lipinski definition) is 1. The molecule has 1 aromatic heterocycles. The van der Waals surface area contributed by atoms with Crippen LogP contribution in [0.4, 0.5) is 0 Å². The summed E-state index contributed by atoms with van der Waals surface area (Å²) in [4.78, 5) is 4.22. The minimum absolute atomic E-state index is 0.685. The van der Waals surface area contributed by atoms with Crippen LogP contribution in [0.5, 0.6) is 0 Å². The van der Waals surface area contributed by atoms with Crippen LogP contribution in [0.1, 0.15) is 56.6 Å². The maximum atomic E-state index is 4.22. The monoisotopic (exact) mass is 246 g/mol. The van der Waals surface area contributed by atoms with Crippen LogP contribution in [-0.4, -0.2) is 11.0 Å². The quantitative estimate of drug-likeness (QED) is 0.854. The summed E-state index contributed by atoms with van der Waals surface area (Å²) in [6.45, 7) is 5.44. The lowest BCUT2D eigenvalue weighted by atomic mass is 9.83. The third-order valence-corrected chi connectivity index (χ3v) is 4.36. The lowest BCUT2D eigenvalue weighted by molar-refractivity contribution is 0.261. The lowest BCUT2D eigenvalue weighted by Crippen LogP contribution is -2.36. The molecule has 100 valence electrons. The van der Waals surface area contributed by atoms with Crippen molar-refractivity contribution in [3.63, 3.8) is 0 Å². The molecule has 1 aromatic rings. The highest BCUT2D eigenvalue weighted by atomic mass is 14.9. The predicted octanol–water partition coefficient (Wildman–Crippen LogP) is 3.84. The van der Waals surface area contributed by atoms with Crippen LogP contribution >= 0.6 is 0 Å². The summed E-state index contributed by atoms with van der Waals surface area (Å²) < 4.78 is 0. The Labute approximate surface area is 111 Å². The van der Waals surface area contributed by atoms with Crippen molar-refractivity contribution in [2.75, 3.05) is 0 Å². The Balaban J connectivity index is 1.88. The van der Waals surface area contributed by atoms with Gasteiger partial charge in [0, 0.05) is 25.0 Å². The van der Waals surface area contributed by atoms with E-state index < -0.39 is 0 Å². The molecule has 1 N–H and O–H groups in total. The van der Waals surface area contributed by atoms with Gasteiger partial charge in [0.1, 0.15) is 0 Å². The normalized spacial score (nSPS) is 18.8. The van der Waals surface area contributed by atoms with Crippen LogP contribution in [0.15, 0.2) is 18.5 Å². The molecule has 18 heavy (non-hydrogen) atoms. The van der Waals surface area contributed by atoms with Gasteiger partial charge in [-0.15, -0.1) is 0 Å². The zero-order chi connectivity index (χ0) is 12.8. The molecular formula is C16H26N2. The van der Waals surface area contributed by atoms with Gasteiger partial charge in [0.05, 0.1) is 0 Å². The Hall–Kier alpha value is -0.890. The second kappa shape index (κ2) is 6.89. The van der Waals surface area contributed by atoms with Gasteiger partial charge in [-0.3, -0.25) is 4.98 Å². The summed E-state index contributed by atoms with van der Waals surface area (Å²) in [5, 5.41) is 3.76. The molecule has 1 heterocycles. The Morgan fingerprint density at radius 2 is 2.11 bits per heavy atom. The fourth-order valence-electron chi connectivity index (χ4n) is 3.10. The number of nitrogens with one attached hydrogen (secondary N) is 1. The highest BCUT2D eigenvalue weighted by Crippen LogP contribution is 2.27. The van der Waals surface area contributed by atoms with E-state index >= 15 is 0 Å². The summed E-state index contributed by atoms with van der Waals surface area (Å²) in [5.41, 5.74) is 2.68. The van der Waals surface area contributed by atoms with Crippen LogP contribution in [-0.2, 0) is 6.54 Å². The molecule has 0 aliphatic heterocycles. The maximum Gasteiger partial charge on any atom is 0.0315 e. The van der Waals surface area contributed by atoms with Gasteiger partial charge < -0.3 is 5.32 Å². The molecule has 2 rings (SSSR count). The predicted molar refractivity (Wildman–Crippen MR) is 76.5 cm³/mol. The number of hydrogen-bond acceptors (Lipinski definition) is 2. The average molecular weight is 246 g/mol. The molecule has 1 atom stereocenters. The van der Waals surface area contributed by atoms with Gasteiger partial charge in [-0.05, 0) is 49.3 Å². The fourth-order valence-corrected chi connectivity index (χ4v) is 3.10. The Kier molecular flexibility index (Phi) is 5.18. The van der Waals surface area contributed by atoms with Crippen molar-refractivity contribution in [2.24, 2.45) is 5.92 Å². The minimum atomic E-state index is 0.685. The van der Waals surface area contributed by atoms with E-state index in [1.807, 2.05) is 12.4 Å². The molecule has 0 radical (unpaired) electrons. The molecule has 1 aliphatic rings. The summed E-state index contributed by atoms with van der Waals surface area (Å²) >= 11 is 0. The first-order chi connectivity index (χ1) is 8.81. The van der Waals surface area contributed by atoms with E-state index in [2.05, 4.69) is 30.2 Å². The number of nitrogens with zero attached hydrogens (tertiary/aromatic N) is 1. The smallest absolute Gasteiger partial charge is 0.0315 e. The van der Waals surface area contributed by atoms with Crippen molar-refractivity contribution in [1.82, 2.24) is 10.3 Å². The van der Waals surface area contributed by atoms with E-state index in [9.17, 15) is 0 Å². The lowest BCUT2D eigenvalue weighted by Gasteiger charge is -2.30. The largest absolute Gasteiger partial charge is 0.310 e. The maximum absolute atomic E-state index is 4.22. The summed E-state index contributed by atoms with van der Waals surface area (Å²) in [7, 11) is 0. The molecule has 0 saturated heterocycles. The number of rotatable bonds is 5. The molecule has 2 heteroatoms. The second-order valence-corrected chi connectivity index (χ2v) is 5.60. The van der Waals surface area contributed by atoms with E-state index in [4.69, 9.17) is 0 Å². The van der Waals surface area contributed by atoms with Crippen molar-refractivity contribution in [1.29, 1.82) is 0 Å². The van der Waals surface area contributed by atoms with Gasteiger partial charge >= 0.3 is 0 Å². The van der Waals surface area contributed by atoms with Crippen LogP contribution in [0.3, 0.4) is 0 Å². The summed E-state index contributed by atoms with van der Waals surface area (Å²) in [5.74, 6) is 0.890. The molecule has 0 spiro atoms. The van der Waals surface area contributed by atoms with Gasteiger partial charge in [0.15, 0.2) is 0 Å². The van der Waals surface area contributed by atoms with Gasteiger partial charge in [0.2, 0.25) is 0 Å². The highest BCUT2D eigenvalue weighted by molar-refractivity contribution is 5.21. The van der Waals surface area contributed by atoms with Gasteiger partial charge in [-0.2, -0.15) is 0 Å². The van der Waals surface area contributed by atoms with E-state index in [0.717, 1.165) is 12.5 Å². The van der Waals surface area contributed by atoms with Crippen LogP contribution in [0, 0.1) is 12.8 Å². The Bertz CT molecular complexity index is 356. The molecule has 2 nitrogen and oxygen atoms in total. The van der Waals surface area contributed by atoms with Crippen molar-refractivity contribution < 1.29 is 0 Å². The van der Waals surface area contributed by atoms with Crippen molar-refractivity contribution in [3.8, 4) is 0 Å². The highest BCUT2D eigenvalue weighted by Gasteiger charge is 2.21. The SMILES string of the molecule is CCC(NCc1cnccc1C)C1CCCCC1. The molecule has 1 aliphatic carbocycles. The first-order valence-corrected chi connectivity index (χ1v) is 7.44. The van der Waals surface area contributed by atoms with Crippen molar-refractivity contribution in [2.45, 2.75) is 65.0 Å². The van der Waals surface area contributed by atoms with Crippen LogP contribution in [0.2, 0.25) is 0 Å². The van der Waals surface area contributed by atoms with E-state index in [1.54, 1.807) is 0 Å². The van der Waals surface area contributed by atoms with E-state index in [0.29, 0.717) is 6.04 Å². The molecule has 1 saturated carbocycles. The topological polar surface area (TPSA) is 24.9 Å². The molecule has 1 fully saturated rings. The summed E-state index contributed by atoms with van der Waals surface area (Å²) in [6.07, 6.45) is 12.2. The van der Waals surface area contributed by atoms with Crippen molar-refractivity contribution >= 4 is 0 Å². The number of aromatic nitrogens is 1.